The first kappa shape index (κ1) is 22.3. The van der Waals surface area contributed by atoms with Gasteiger partial charge in [-0.1, -0.05) is 25.5 Å². The van der Waals surface area contributed by atoms with E-state index in [1.807, 2.05) is 0 Å². The second-order valence-corrected chi connectivity index (χ2v) is 11.6. The van der Waals surface area contributed by atoms with Crippen LogP contribution < -0.4 is 0 Å². The van der Waals surface area contributed by atoms with E-state index in [0.29, 0.717) is 23.7 Å². The summed E-state index contributed by atoms with van der Waals surface area (Å²) in [7, 11) is 0. The predicted octanol–water partition coefficient (Wildman–Crippen LogP) is 5.63. The van der Waals surface area contributed by atoms with E-state index in [1.54, 1.807) is 19.4 Å². The van der Waals surface area contributed by atoms with Crippen LogP contribution in [0.1, 0.15) is 92.9 Å². The molecule has 4 aliphatic rings. The average molecular weight is 419 g/mol. The molecule has 4 saturated carbocycles. The monoisotopic (exact) mass is 418 g/mol. The Labute approximate surface area is 182 Å². The number of fused-ring (bicyclic) bond motifs is 5. The first-order valence-electron chi connectivity index (χ1n) is 12.2. The third kappa shape index (κ3) is 3.66. The molecule has 0 aromatic carbocycles. The molecule has 0 amide bonds. The fourth-order valence-electron chi connectivity index (χ4n) is 8.32. The fraction of sp³-hybridized carbons (Fsp3) is 0.885. The van der Waals surface area contributed by atoms with Crippen molar-refractivity contribution in [3.8, 4) is 0 Å². The Bertz CT molecular complexity index is 706. The van der Waals surface area contributed by atoms with E-state index in [0.717, 1.165) is 25.7 Å². The van der Waals surface area contributed by atoms with E-state index < -0.39 is 5.79 Å². The summed E-state index contributed by atoms with van der Waals surface area (Å²) in [5.74, 6) is 0.952. The van der Waals surface area contributed by atoms with E-state index in [2.05, 4.69) is 26.8 Å². The smallest absolute Gasteiger partial charge is 0.302 e. The van der Waals surface area contributed by atoms with Gasteiger partial charge in [-0.15, -0.1) is 0 Å². The molecule has 4 unspecified atom stereocenters. The number of ether oxygens (including phenoxy) is 2. The van der Waals surface area contributed by atoms with Gasteiger partial charge in [0.2, 0.25) is 0 Å². The number of allylic oxidation sites excluding steroid dienone is 2. The summed E-state index contributed by atoms with van der Waals surface area (Å²) in [4.78, 5) is 11.6. The lowest BCUT2D eigenvalue weighted by Gasteiger charge is -2.63. The Hall–Kier alpha value is -0.870. The topological polar surface area (TPSA) is 55.8 Å². The number of carbonyl (C=O) groups excluding carboxylic acids is 1. The van der Waals surface area contributed by atoms with Crippen LogP contribution >= 0.6 is 0 Å². The standard InChI is InChI=1S/C26H42O4/c1-7-17-8-9-20-23-21(11-13-25(17,20)5)26(6)12-10-19(29-16(2)27)14-18(26)15-22(23)30-24(3,4)28/h7,18-23,28H,8-15H2,1-6H3/b17-7-/t18?,19-,20?,21?,22+,23?,25-,26+/m1/s1. The Morgan fingerprint density at radius 2 is 1.87 bits per heavy atom. The molecule has 30 heavy (non-hydrogen) atoms. The molecule has 0 heterocycles. The summed E-state index contributed by atoms with van der Waals surface area (Å²) in [6.07, 6.45) is 11.5. The van der Waals surface area contributed by atoms with Crippen LogP contribution in [0.3, 0.4) is 0 Å². The summed E-state index contributed by atoms with van der Waals surface area (Å²) in [5, 5.41) is 10.6. The first-order valence-corrected chi connectivity index (χ1v) is 12.2. The molecule has 1 N–H and O–H groups in total. The second kappa shape index (κ2) is 7.62. The van der Waals surface area contributed by atoms with Gasteiger partial charge in [0.25, 0.3) is 0 Å². The molecule has 0 spiro atoms. The van der Waals surface area contributed by atoms with Crippen LogP contribution in [0.5, 0.6) is 0 Å². The van der Waals surface area contributed by atoms with E-state index in [4.69, 9.17) is 9.47 Å². The zero-order chi connectivity index (χ0) is 21.9. The summed E-state index contributed by atoms with van der Waals surface area (Å²) in [6.45, 7) is 12.3. The van der Waals surface area contributed by atoms with E-state index in [1.165, 1.54) is 32.6 Å². The third-order valence-electron chi connectivity index (χ3n) is 9.58. The van der Waals surface area contributed by atoms with Gasteiger partial charge in [-0.3, -0.25) is 4.79 Å². The molecule has 0 radical (unpaired) electrons. The average Bonchev–Trinajstić information content (AvgIpc) is 2.97. The van der Waals surface area contributed by atoms with Crippen molar-refractivity contribution in [3.05, 3.63) is 11.6 Å². The number of rotatable bonds is 3. The predicted molar refractivity (Wildman–Crippen MR) is 118 cm³/mol. The highest BCUT2D eigenvalue weighted by Crippen LogP contribution is 2.68. The van der Waals surface area contributed by atoms with Gasteiger partial charge in [0.1, 0.15) is 6.10 Å². The summed E-state index contributed by atoms with van der Waals surface area (Å²) in [5.41, 5.74) is 2.20. The Balaban J connectivity index is 1.67. The zero-order valence-corrected chi connectivity index (χ0v) is 19.9. The maximum atomic E-state index is 11.6. The molecule has 8 atom stereocenters. The second-order valence-electron chi connectivity index (χ2n) is 11.6. The fourth-order valence-corrected chi connectivity index (χ4v) is 8.32. The Morgan fingerprint density at radius 1 is 1.13 bits per heavy atom. The maximum absolute atomic E-state index is 11.6. The highest BCUT2D eigenvalue weighted by atomic mass is 16.6. The van der Waals surface area contributed by atoms with Crippen molar-refractivity contribution < 1.29 is 19.4 Å². The van der Waals surface area contributed by atoms with Crippen molar-refractivity contribution in [1.82, 2.24) is 0 Å². The molecule has 0 saturated heterocycles. The first-order chi connectivity index (χ1) is 14.0. The molecule has 4 fully saturated rings. The van der Waals surface area contributed by atoms with Crippen molar-refractivity contribution >= 4 is 5.97 Å². The molecule has 4 heteroatoms. The normalized spacial score (nSPS) is 47.4. The zero-order valence-electron chi connectivity index (χ0n) is 19.9. The summed E-state index contributed by atoms with van der Waals surface area (Å²) in [6, 6.07) is 0. The lowest BCUT2D eigenvalue weighted by molar-refractivity contribution is -0.264. The van der Waals surface area contributed by atoms with Gasteiger partial charge in [-0.05, 0) is 107 Å². The quantitative estimate of drug-likeness (QED) is 0.367. The van der Waals surface area contributed by atoms with Gasteiger partial charge in [0.15, 0.2) is 5.79 Å². The minimum absolute atomic E-state index is 0.0369. The van der Waals surface area contributed by atoms with Gasteiger partial charge in [-0.25, -0.2) is 0 Å². The van der Waals surface area contributed by atoms with Crippen LogP contribution in [0.15, 0.2) is 11.6 Å². The highest BCUT2D eigenvalue weighted by molar-refractivity contribution is 5.66. The minimum Gasteiger partial charge on any atom is -0.463 e. The van der Waals surface area contributed by atoms with Crippen molar-refractivity contribution in [2.24, 2.45) is 34.5 Å². The van der Waals surface area contributed by atoms with Crippen LogP contribution in [0, 0.1) is 34.5 Å². The van der Waals surface area contributed by atoms with Crippen molar-refractivity contribution in [3.63, 3.8) is 0 Å². The number of hydrogen-bond donors (Lipinski definition) is 1. The molecular weight excluding hydrogens is 376 g/mol. The minimum atomic E-state index is -1.12. The molecule has 4 aliphatic carbocycles. The van der Waals surface area contributed by atoms with Crippen molar-refractivity contribution in [1.29, 1.82) is 0 Å². The SMILES string of the molecule is C/C=C1/CCC2C3C(CC[C@]12C)[C@@]1(C)CC[C@@H](OC(C)=O)CC1C[C@@H]3OC(C)(C)O. The van der Waals surface area contributed by atoms with Crippen LogP contribution in [-0.4, -0.2) is 29.1 Å². The Kier molecular flexibility index (Phi) is 5.67. The molecule has 0 aromatic rings. The molecule has 0 bridgehead atoms. The van der Waals surface area contributed by atoms with Gasteiger partial charge < -0.3 is 14.6 Å². The highest BCUT2D eigenvalue weighted by Gasteiger charge is 2.62. The van der Waals surface area contributed by atoms with Crippen molar-refractivity contribution in [2.45, 2.75) is 111 Å². The summed E-state index contributed by atoms with van der Waals surface area (Å²) < 4.78 is 12.0. The number of esters is 1. The molecule has 0 aromatic heterocycles. The van der Waals surface area contributed by atoms with E-state index in [-0.39, 0.29) is 29.0 Å². The molecule has 0 aliphatic heterocycles. The van der Waals surface area contributed by atoms with Crippen LogP contribution in [0.25, 0.3) is 0 Å². The molecular formula is C26H42O4. The maximum Gasteiger partial charge on any atom is 0.302 e. The van der Waals surface area contributed by atoms with Gasteiger partial charge >= 0.3 is 5.97 Å². The molecule has 4 nitrogen and oxygen atoms in total. The lowest BCUT2D eigenvalue weighted by atomic mass is 9.44. The number of hydrogen-bond acceptors (Lipinski definition) is 4. The van der Waals surface area contributed by atoms with Crippen LogP contribution in [0.2, 0.25) is 0 Å². The Morgan fingerprint density at radius 3 is 2.50 bits per heavy atom. The van der Waals surface area contributed by atoms with Gasteiger partial charge in [0, 0.05) is 6.92 Å². The lowest BCUT2D eigenvalue weighted by Crippen LogP contribution is -2.59. The number of aliphatic hydroxyl groups is 1. The van der Waals surface area contributed by atoms with Gasteiger partial charge in [0.05, 0.1) is 6.10 Å². The number of carbonyl (C=O) groups is 1. The van der Waals surface area contributed by atoms with Crippen molar-refractivity contribution in [2.75, 3.05) is 0 Å². The van der Waals surface area contributed by atoms with Gasteiger partial charge in [-0.2, -0.15) is 0 Å². The third-order valence-corrected chi connectivity index (χ3v) is 9.58. The molecule has 4 rings (SSSR count). The van der Waals surface area contributed by atoms with Crippen LogP contribution in [-0.2, 0) is 14.3 Å². The van der Waals surface area contributed by atoms with E-state index in [9.17, 15) is 9.90 Å². The van der Waals surface area contributed by atoms with E-state index >= 15 is 0 Å². The largest absolute Gasteiger partial charge is 0.463 e. The summed E-state index contributed by atoms with van der Waals surface area (Å²) >= 11 is 0. The van der Waals surface area contributed by atoms with Crippen LogP contribution in [0.4, 0.5) is 0 Å². The molecule has 170 valence electrons.